The quantitative estimate of drug-likeness (QED) is 0.907. The van der Waals surface area contributed by atoms with E-state index in [1.165, 1.54) is 18.4 Å². The van der Waals surface area contributed by atoms with Crippen LogP contribution < -0.4 is 10.5 Å². The molecule has 2 atom stereocenters. The zero-order valence-corrected chi connectivity index (χ0v) is 12.3. The lowest BCUT2D eigenvalue weighted by atomic mass is 9.85. The van der Waals surface area contributed by atoms with Gasteiger partial charge in [0.15, 0.2) is 0 Å². The van der Waals surface area contributed by atoms with Gasteiger partial charge in [-0.05, 0) is 70.4 Å². The summed E-state index contributed by atoms with van der Waals surface area (Å²) in [6.07, 6.45) is 2.71. The van der Waals surface area contributed by atoms with Crippen LogP contribution in [0.2, 0.25) is 0 Å². The summed E-state index contributed by atoms with van der Waals surface area (Å²) >= 11 is 0. The summed E-state index contributed by atoms with van der Waals surface area (Å²) in [4.78, 5) is 2.43. The fourth-order valence-corrected chi connectivity index (χ4v) is 3.05. The first-order valence-corrected chi connectivity index (χ1v) is 7.28. The SMILES string of the molecule is CC(C)Oc1ccc(C2C(CN)CCCN2C)cc1. The molecule has 0 aliphatic carbocycles. The van der Waals surface area contributed by atoms with E-state index < -0.39 is 0 Å². The van der Waals surface area contributed by atoms with E-state index >= 15 is 0 Å². The average Bonchev–Trinajstić information content (AvgIpc) is 2.39. The number of benzene rings is 1. The second kappa shape index (κ2) is 6.40. The highest BCUT2D eigenvalue weighted by molar-refractivity contribution is 5.30. The number of likely N-dealkylation sites (tertiary alicyclic amines) is 1. The van der Waals surface area contributed by atoms with Crippen LogP contribution in [0.15, 0.2) is 24.3 Å². The molecular formula is C16H26N2O. The van der Waals surface area contributed by atoms with Gasteiger partial charge in [-0.25, -0.2) is 0 Å². The summed E-state index contributed by atoms with van der Waals surface area (Å²) in [5.74, 6) is 1.51. The van der Waals surface area contributed by atoms with E-state index in [1.807, 2.05) is 13.8 Å². The monoisotopic (exact) mass is 262 g/mol. The third kappa shape index (κ3) is 3.48. The van der Waals surface area contributed by atoms with Gasteiger partial charge in [0, 0.05) is 6.04 Å². The standard InChI is InChI=1S/C16H26N2O/c1-12(2)19-15-8-6-13(7-9-15)16-14(11-17)5-4-10-18(16)3/h6-9,12,14,16H,4-5,10-11,17H2,1-3H3. The molecule has 1 aliphatic heterocycles. The smallest absolute Gasteiger partial charge is 0.119 e. The van der Waals surface area contributed by atoms with Crippen LogP contribution in [0.25, 0.3) is 0 Å². The second-order valence-corrected chi connectivity index (χ2v) is 5.80. The van der Waals surface area contributed by atoms with Crippen LogP contribution in [0.1, 0.15) is 38.3 Å². The van der Waals surface area contributed by atoms with E-state index in [2.05, 4.69) is 36.2 Å². The van der Waals surface area contributed by atoms with Crippen molar-refractivity contribution in [1.82, 2.24) is 4.90 Å². The van der Waals surface area contributed by atoms with Crippen LogP contribution in [0, 0.1) is 5.92 Å². The summed E-state index contributed by atoms with van der Waals surface area (Å²) in [6.45, 7) is 6.02. The van der Waals surface area contributed by atoms with Crippen molar-refractivity contribution in [1.29, 1.82) is 0 Å². The molecule has 1 saturated heterocycles. The summed E-state index contributed by atoms with van der Waals surface area (Å²) in [5, 5.41) is 0. The number of hydrogen-bond acceptors (Lipinski definition) is 3. The normalized spacial score (nSPS) is 24.7. The minimum Gasteiger partial charge on any atom is -0.491 e. The van der Waals surface area contributed by atoms with Crippen molar-refractivity contribution < 1.29 is 4.74 Å². The van der Waals surface area contributed by atoms with Gasteiger partial charge < -0.3 is 10.5 Å². The Bertz CT molecular complexity index is 388. The van der Waals surface area contributed by atoms with Gasteiger partial charge in [0.25, 0.3) is 0 Å². The maximum atomic E-state index is 5.94. The maximum Gasteiger partial charge on any atom is 0.119 e. The third-order valence-corrected chi connectivity index (χ3v) is 3.90. The molecule has 0 radical (unpaired) electrons. The van der Waals surface area contributed by atoms with Crippen LogP contribution in [0.5, 0.6) is 5.75 Å². The zero-order chi connectivity index (χ0) is 13.8. The van der Waals surface area contributed by atoms with Gasteiger partial charge in [-0.15, -0.1) is 0 Å². The Morgan fingerprint density at radius 2 is 2.00 bits per heavy atom. The van der Waals surface area contributed by atoms with Crippen molar-refractivity contribution in [2.75, 3.05) is 20.1 Å². The summed E-state index contributed by atoms with van der Waals surface area (Å²) in [7, 11) is 2.20. The molecule has 2 N–H and O–H groups in total. The van der Waals surface area contributed by atoms with Gasteiger partial charge in [-0.3, -0.25) is 4.90 Å². The molecule has 19 heavy (non-hydrogen) atoms. The first-order chi connectivity index (χ1) is 9.11. The van der Waals surface area contributed by atoms with Crippen molar-refractivity contribution >= 4 is 0 Å². The largest absolute Gasteiger partial charge is 0.491 e. The van der Waals surface area contributed by atoms with E-state index in [0.717, 1.165) is 18.8 Å². The van der Waals surface area contributed by atoms with Crippen molar-refractivity contribution in [3.05, 3.63) is 29.8 Å². The first kappa shape index (κ1) is 14.4. The molecule has 0 aromatic heterocycles. The van der Waals surface area contributed by atoms with Crippen molar-refractivity contribution in [3.8, 4) is 5.75 Å². The van der Waals surface area contributed by atoms with Crippen molar-refractivity contribution in [3.63, 3.8) is 0 Å². The van der Waals surface area contributed by atoms with E-state index in [9.17, 15) is 0 Å². The number of nitrogens with zero attached hydrogens (tertiary/aromatic N) is 1. The summed E-state index contributed by atoms with van der Waals surface area (Å²) in [6, 6.07) is 8.98. The lowest BCUT2D eigenvalue weighted by Crippen LogP contribution is -2.39. The average molecular weight is 262 g/mol. The Hall–Kier alpha value is -1.06. The van der Waals surface area contributed by atoms with Gasteiger partial charge in [0.1, 0.15) is 5.75 Å². The van der Waals surface area contributed by atoms with Crippen LogP contribution in [-0.2, 0) is 0 Å². The molecule has 0 spiro atoms. The molecule has 0 saturated carbocycles. The zero-order valence-electron chi connectivity index (χ0n) is 12.3. The lowest BCUT2D eigenvalue weighted by molar-refractivity contribution is 0.125. The number of nitrogens with two attached hydrogens (primary N) is 1. The molecular weight excluding hydrogens is 236 g/mol. The van der Waals surface area contributed by atoms with Crippen LogP contribution in [0.3, 0.4) is 0 Å². The predicted octanol–water partition coefficient (Wildman–Crippen LogP) is 2.82. The highest BCUT2D eigenvalue weighted by atomic mass is 16.5. The van der Waals surface area contributed by atoms with Gasteiger partial charge in [-0.2, -0.15) is 0 Å². The number of hydrogen-bond donors (Lipinski definition) is 1. The Morgan fingerprint density at radius 3 is 2.58 bits per heavy atom. The number of rotatable bonds is 4. The van der Waals surface area contributed by atoms with Crippen molar-refractivity contribution in [2.45, 2.75) is 38.8 Å². The summed E-state index contributed by atoms with van der Waals surface area (Å²) in [5.41, 5.74) is 7.29. The van der Waals surface area contributed by atoms with Crippen LogP contribution in [0.4, 0.5) is 0 Å². The fourth-order valence-electron chi connectivity index (χ4n) is 3.05. The molecule has 0 amide bonds. The van der Waals surface area contributed by atoms with Crippen molar-refractivity contribution in [2.24, 2.45) is 11.7 Å². The van der Waals surface area contributed by atoms with Crippen LogP contribution in [-0.4, -0.2) is 31.1 Å². The molecule has 1 aliphatic rings. The number of ether oxygens (including phenoxy) is 1. The second-order valence-electron chi connectivity index (χ2n) is 5.80. The van der Waals surface area contributed by atoms with Gasteiger partial charge in [0.2, 0.25) is 0 Å². The number of piperidine rings is 1. The predicted molar refractivity (Wildman–Crippen MR) is 79.4 cm³/mol. The summed E-state index contributed by atoms with van der Waals surface area (Å²) < 4.78 is 5.70. The lowest BCUT2D eigenvalue weighted by Gasteiger charge is -2.39. The van der Waals surface area contributed by atoms with E-state index in [4.69, 9.17) is 10.5 Å². The topological polar surface area (TPSA) is 38.5 Å². The van der Waals surface area contributed by atoms with Gasteiger partial charge >= 0.3 is 0 Å². The minimum atomic E-state index is 0.222. The molecule has 1 heterocycles. The molecule has 0 bridgehead atoms. The van der Waals surface area contributed by atoms with Crippen LogP contribution >= 0.6 is 0 Å². The van der Waals surface area contributed by atoms with E-state index in [0.29, 0.717) is 12.0 Å². The Labute approximate surface area is 116 Å². The first-order valence-electron chi connectivity index (χ1n) is 7.28. The molecule has 3 nitrogen and oxygen atoms in total. The molecule has 3 heteroatoms. The highest BCUT2D eigenvalue weighted by Gasteiger charge is 2.29. The fraction of sp³-hybridized carbons (Fsp3) is 0.625. The molecule has 1 fully saturated rings. The molecule has 106 valence electrons. The maximum absolute atomic E-state index is 5.94. The third-order valence-electron chi connectivity index (χ3n) is 3.90. The van der Waals surface area contributed by atoms with E-state index in [1.54, 1.807) is 0 Å². The molecule has 2 unspecified atom stereocenters. The highest BCUT2D eigenvalue weighted by Crippen LogP contribution is 2.35. The molecule has 1 aromatic carbocycles. The van der Waals surface area contributed by atoms with Gasteiger partial charge in [0.05, 0.1) is 6.10 Å². The van der Waals surface area contributed by atoms with E-state index in [-0.39, 0.29) is 6.10 Å². The Kier molecular flexibility index (Phi) is 4.83. The van der Waals surface area contributed by atoms with Gasteiger partial charge in [-0.1, -0.05) is 12.1 Å². The Morgan fingerprint density at radius 1 is 1.32 bits per heavy atom. The Balaban J connectivity index is 2.15. The minimum absolute atomic E-state index is 0.222. The molecule has 1 aromatic rings. The molecule has 2 rings (SSSR count).